The first kappa shape index (κ1) is 22.8. The second kappa shape index (κ2) is 10.1. The Bertz CT molecular complexity index is 1220. The van der Waals surface area contributed by atoms with Gasteiger partial charge in [0.15, 0.2) is 5.82 Å². The number of halogens is 1. The molecular weight excluding hydrogens is 468 g/mol. The van der Waals surface area contributed by atoms with Gasteiger partial charge in [-0.3, -0.25) is 4.90 Å². The SMILES string of the molecule is COc1ccc([C@H](c2nnnn2Cc2cccs2)N2CCN(c3cc(Cl)ccc3C)CC2)cc1. The Morgan fingerprint density at radius 2 is 1.85 bits per heavy atom. The van der Waals surface area contributed by atoms with Crippen LogP contribution in [0.25, 0.3) is 0 Å². The Hall–Kier alpha value is -2.94. The zero-order valence-electron chi connectivity index (χ0n) is 19.3. The van der Waals surface area contributed by atoms with Crippen molar-refractivity contribution >= 4 is 28.6 Å². The summed E-state index contributed by atoms with van der Waals surface area (Å²) in [7, 11) is 1.69. The lowest BCUT2D eigenvalue weighted by molar-refractivity contribution is 0.201. The van der Waals surface area contributed by atoms with E-state index < -0.39 is 0 Å². The molecule has 34 heavy (non-hydrogen) atoms. The third kappa shape index (κ3) is 4.80. The summed E-state index contributed by atoms with van der Waals surface area (Å²) in [5.74, 6) is 1.69. The smallest absolute Gasteiger partial charge is 0.173 e. The molecule has 1 saturated heterocycles. The third-order valence-corrected chi connectivity index (χ3v) is 7.41. The summed E-state index contributed by atoms with van der Waals surface area (Å²) in [5, 5.41) is 15.7. The number of methoxy groups -OCH3 is 1. The number of aryl methyl sites for hydroxylation is 1. The minimum absolute atomic E-state index is 0.0523. The monoisotopic (exact) mass is 494 g/mol. The summed E-state index contributed by atoms with van der Waals surface area (Å²) in [4.78, 5) is 6.11. The van der Waals surface area contributed by atoms with Crippen LogP contribution in [0.15, 0.2) is 60.0 Å². The van der Waals surface area contributed by atoms with Gasteiger partial charge in [0, 0.05) is 41.8 Å². The van der Waals surface area contributed by atoms with E-state index in [1.807, 2.05) is 22.9 Å². The number of thiophene rings is 1. The highest BCUT2D eigenvalue weighted by Crippen LogP contribution is 2.32. The second-order valence-corrected chi connectivity index (χ2v) is 9.87. The molecule has 0 radical (unpaired) electrons. The Morgan fingerprint density at radius 3 is 2.56 bits per heavy atom. The summed E-state index contributed by atoms with van der Waals surface area (Å²) in [6.45, 7) is 6.37. The Balaban J connectivity index is 1.43. The van der Waals surface area contributed by atoms with E-state index in [9.17, 15) is 0 Å². The first-order valence-corrected chi connectivity index (χ1v) is 12.6. The van der Waals surface area contributed by atoms with Crippen LogP contribution in [-0.2, 0) is 6.54 Å². The van der Waals surface area contributed by atoms with Gasteiger partial charge in [-0.2, -0.15) is 0 Å². The van der Waals surface area contributed by atoms with Crippen molar-refractivity contribution in [1.82, 2.24) is 25.1 Å². The molecule has 5 rings (SSSR count). The average Bonchev–Trinajstić information content (AvgIpc) is 3.55. The molecule has 0 bridgehead atoms. The van der Waals surface area contributed by atoms with Crippen molar-refractivity contribution in [2.24, 2.45) is 0 Å². The highest BCUT2D eigenvalue weighted by molar-refractivity contribution is 7.09. The summed E-state index contributed by atoms with van der Waals surface area (Å²) in [6.07, 6.45) is 0. The van der Waals surface area contributed by atoms with Gasteiger partial charge in [-0.15, -0.1) is 16.4 Å². The Kier molecular flexibility index (Phi) is 6.80. The topological polar surface area (TPSA) is 59.3 Å². The van der Waals surface area contributed by atoms with E-state index in [0.717, 1.165) is 48.3 Å². The van der Waals surface area contributed by atoms with E-state index in [0.29, 0.717) is 6.54 Å². The third-order valence-electron chi connectivity index (χ3n) is 6.31. The molecule has 1 atom stereocenters. The zero-order valence-corrected chi connectivity index (χ0v) is 20.8. The van der Waals surface area contributed by atoms with Gasteiger partial charge in [-0.05, 0) is 64.2 Å². The number of tetrazole rings is 1. The summed E-state index contributed by atoms with van der Waals surface area (Å²) in [6, 6.07) is 18.4. The van der Waals surface area contributed by atoms with E-state index in [-0.39, 0.29) is 6.04 Å². The molecule has 4 aromatic rings. The molecule has 1 aliphatic rings. The second-order valence-electron chi connectivity index (χ2n) is 8.40. The number of anilines is 1. The molecule has 3 heterocycles. The number of aromatic nitrogens is 4. The van der Waals surface area contributed by atoms with Crippen molar-refractivity contribution < 1.29 is 4.74 Å². The average molecular weight is 495 g/mol. The van der Waals surface area contributed by atoms with Crippen LogP contribution >= 0.6 is 22.9 Å². The van der Waals surface area contributed by atoms with E-state index in [1.54, 1.807) is 18.4 Å². The van der Waals surface area contributed by atoms with Crippen LogP contribution in [0, 0.1) is 6.92 Å². The molecule has 1 fully saturated rings. The number of hydrogen-bond acceptors (Lipinski definition) is 7. The van der Waals surface area contributed by atoms with Crippen LogP contribution in [0.1, 0.15) is 27.9 Å². The maximum absolute atomic E-state index is 6.29. The van der Waals surface area contributed by atoms with Crippen LogP contribution in [0.5, 0.6) is 5.75 Å². The first-order chi connectivity index (χ1) is 16.6. The summed E-state index contributed by atoms with van der Waals surface area (Å²) < 4.78 is 7.31. The highest BCUT2D eigenvalue weighted by Gasteiger charge is 2.31. The molecular formula is C25H27ClN6OS. The molecule has 0 N–H and O–H groups in total. The first-order valence-electron chi connectivity index (χ1n) is 11.3. The summed E-state index contributed by atoms with van der Waals surface area (Å²) >= 11 is 8.01. The number of nitrogens with zero attached hydrogens (tertiary/aromatic N) is 6. The molecule has 7 nitrogen and oxygen atoms in total. The molecule has 0 saturated carbocycles. The van der Waals surface area contributed by atoms with Gasteiger partial charge in [-0.25, -0.2) is 4.68 Å². The predicted octanol–water partition coefficient (Wildman–Crippen LogP) is 4.66. The van der Waals surface area contributed by atoms with Gasteiger partial charge < -0.3 is 9.64 Å². The van der Waals surface area contributed by atoms with Crippen molar-refractivity contribution in [3.05, 3.63) is 86.8 Å². The lowest BCUT2D eigenvalue weighted by Crippen LogP contribution is -2.48. The Morgan fingerprint density at radius 1 is 1.06 bits per heavy atom. The summed E-state index contributed by atoms with van der Waals surface area (Å²) in [5.41, 5.74) is 3.59. The van der Waals surface area contributed by atoms with Gasteiger partial charge in [0.1, 0.15) is 5.75 Å². The number of hydrogen-bond donors (Lipinski definition) is 0. The fraction of sp³-hybridized carbons (Fsp3) is 0.320. The molecule has 0 spiro atoms. The molecule has 1 aliphatic heterocycles. The number of rotatable bonds is 7. The van der Waals surface area contributed by atoms with E-state index >= 15 is 0 Å². The van der Waals surface area contributed by atoms with Gasteiger partial charge >= 0.3 is 0 Å². The number of piperazine rings is 1. The molecule has 2 aromatic heterocycles. The predicted molar refractivity (Wildman–Crippen MR) is 136 cm³/mol. The highest BCUT2D eigenvalue weighted by atomic mass is 35.5. The fourth-order valence-corrected chi connectivity index (χ4v) is 5.38. The largest absolute Gasteiger partial charge is 0.497 e. The number of benzene rings is 2. The van der Waals surface area contributed by atoms with Crippen molar-refractivity contribution in [3.8, 4) is 5.75 Å². The lowest BCUT2D eigenvalue weighted by atomic mass is 10.0. The van der Waals surface area contributed by atoms with Crippen molar-refractivity contribution in [2.75, 3.05) is 38.2 Å². The van der Waals surface area contributed by atoms with Gasteiger partial charge in [0.25, 0.3) is 0 Å². The molecule has 0 aliphatic carbocycles. The van der Waals surface area contributed by atoms with Gasteiger partial charge in [-0.1, -0.05) is 35.9 Å². The molecule has 0 amide bonds. The minimum Gasteiger partial charge on any atom is -0.497 e. The maximum Gasteiger partial charge on any atom is 0.173 e. The van der Waals surface area contributed by atoms with Crippen molar-refractivity contribution in [2.45, 2.75) is 19.5 Å². The molecule has 176 valence electrons. The van der Waals surface area contributed by atoms with Crippen LogP contribution < -0.4 is 9.64 Å². The molecule has 2 aromatic carbocycles. The van der Waals surface area contributed by atoms with E-state index in [4.69, 9.17) is 16.3 Å². The maximum atomic E-state index is 6.29. The normalized spacial score (nSPS) is 15.4. The standard InChI is InChI=1S/C25H27ClN6OS/c1-18-5-8-20(26)16-23(18)30-11-13-31(14-12-30)24(19-6-9-21(33-2)10-7-19)25-27-28-29-32(25)17-22-4-3-15-34-22/h3-10,15-16,24H,11-14,17H2,1-2H3/t24-/m1/s1. The van der Waals surface area contributed by atoms with Crippen molar-refractivity contribution in [1.29, 1.82) is 0 Å². The molecule has 0 unspecified atom stereocenters. The fourth-order valence-electron chi connectivity index (χ4n) is 4.52. The Labute approximate surface area is 208 Å². The number of ether oxygens (including phenoxy) is 1. The molecule has 9 heteroatoms. The van der Waals surface area contributed by atoms with Crippen LogP contribution in [0.2, 0.25) is 5.02 Å². The van der Waals surface area contributed by atoms with E-state index in [2.05, 4.69) is 74.0 Å². The minimum atomic E-state index is -0.0523. The van der Waals surface area contributed by atoms with Gasteiger partial charge in [0.05, 0.1) is 19.7 Å². The lowest BCUT2D eigenvalue weighted by Gasteiger charge is -2.40. The van der Waals surface area contributed by atoms with Crippen LogP contribution in [0.3, 0.4) is 0 Å². The zero-order chi connectivity index (χ0) is 23.5. The van der Waals surface area contributed by atoms with Gasteiger partial charge in [0.2, 0.25) is 0 Å². The van der Waals surface area contributed by atoms with E-state index in [1.165, 1.54) is 16.1 Å². The van der Waals surface area contributed by atoms with Crippen LogP contribution in [-0.4, -0.2) is 58.4 Å². The van der Waals surface area contributed by atoms with Crippen molar-refractivity contribution in [3.63, 3.8) is 0 Å². The van der Waals surface area contributed by atoms with Crippen LogP contribution in [0.4, 0.5) is 5.69 Å². The quantitative estimate of drug-likeness (QED) is 0.372.